The number of fused-ring (bicyclic) bond motifs is 2. The number of aromatic carboxylic acids is 1. The van der Waals surface area contributed by atoms with Crippen LogP contribution in [0, 0.1) is 12.3 Å². The van der Waals surface area contributed by atoms with Gasteiger partial charge < -0.3 is 15.3 Å². The fourth-order valence-corrected chi connectivity index (χ4v) is 7.83. The number of benzene rings is 2. The van der Waals surface area contributed by atoms with Gasteiger partial charge in [-0.25, -0.2) is 14.8 Å². The van der Waals surface area contributed by atoms with Crippen LogP contribution in [0.2, 0.25) is 0 Å². The van der Waals surface area contributed by atoms with E-state index in [0.29, 0.717) is 23.5 Å². The van der Waals surface area contributed by atoms with Crippen molar-refractivity contribution in [2.24, 2.45) is 5.41 Å². The van der Waals surface area contributed by atoms with Crippen LogP contribution in [0.15, 0.2) is 60.8 Å². The van der Waals surface area contributed by atoms with Gasteiger partial charge in [-0.2, -0.15) is 5.10 Å². The van der Waals surface area contributed by atoms with Crippen LogP contribution in [0.4, 0.5) is 10.9 Å². The lowest BCUT2D eigenvalue weighted by Crippen LogP contribution is -2.32. The molecule has 1 aliphatic carbocycles. The molecule has 2 aromatic carbocycles. The number of carboxylic acids is 1. The van der Waals surface area contributed by atoms with Crippen LogP contribution in [-0.4, -0.2) is 50.7 Å². The van der Waals surface area contributed by atoms with Crippen LogP contribution in [0.25, 0.3) is 21.3 Å². The summed E-state index contributed by atoms with van der Waals surface area (Å²) in [5, 5.41) is 18.8. The molecular weight excluding hydrogens is 609 g/mol. The lowest BCUT2D eigenvalue weighted by molar-refractivity contribution is 0.0691. The van der Waals surface area contributed by atoms with Crippen molar-refractivity contribution in [1.29, 1.82) is 0 Å². The molecule has 4 heterocycles. The first-order valence-corrected chi connectivity index (χ1v) is 17.3. The summed E-state index contributed by atoms with van der Waals surface area (Å²) in [7, 11) is 1.89. The van der Waals surface area contributed by atoms with Gasteiger partial charge in [0.1, 0.15) is 12.1 Å². The van der Waals surface area contributed by atoms with Crippen LogP contribution in [-0.2, 0) is 19.5 Å². The molecule has 0 amide bonds. The monoisotopic (exact) mass is 650 g/mol. The van der Waals surface area contributed by atoms with Gasteiger partial charge in [-0.3, -0.25) is 9.48 Å². The summed E-state index contributed by atoms with van der Waals surface area (Å²) in [6, 6.07) is 17.7. The SMILES string of the molecule is CCC1(Cn2ncc(-c3ccc(N4CCc5cccc(C=O)c5C4)nc3C(=O)O)c2C)CCCCC1.CNc1nc2ccccc2s1. The lowest BCUT2D eigenvalue weighted by atomic mass is 9.72. The fourth-order valence-electron chi connectivity index (χ4n) is 7.01. The molecule has 0 atom stereocenters. The van der Waals surface area contributed by atoms with Crippen molar-refractivity contribution in [3.63, 3.8) is 0 Å². The molecule has 0 bridgehead atoms. The molecule has 0 unspecified atom stereocenters. The van der Waals surface area contributed by atoms with Crippen molar-refractivity contribution in [1.82, 2.24) is 19.7 Å². The Bertz CT molecular complexity index is 1860. The molecule has 47 heavy (non-hydrogen) atoms. The van der Waals surface area contributed by atoms with E-state index in [4.69, 9.17) is 0 Å². The third kappa shape index (κ3) is 6.79. The summed E-state index contributed by atoms with van der Waals surface area (Å²) in [4.78, 5) is 34.8. The summed E-state index contributed by atoms with van der Waals surface area (Å²) in [5.41, 5.74) is 6.61. The van der Waals surface area contributed by atoms with E-state index in [1.807, 2.05) is 56.4 Å². The minimum Gasteiger partial charge on any atom is -0.476 e. The normalized spacial score (nSPS) is 15.4. The van der Waals surface area contributed by atoms with Gasteiger partial charge in [0.2, 0.25) is 0 Å². The van der Waals surface area contributed by atoms with E-state index in [0.717, 1.165) is 65.2 Å². The number of aldehydes is 1. The number of hydrogen-bond acceptors (Lipinski definition) is 8. The number of aromatic nitrogens is 4. The number of pyridine rings is 1. The predicted octanol–water partition coefficient (Wildman–Crippen LogP) is 8.03. The zero-order valence-corrected chi connectivity index (χ0v) is 28.1. The van der Waals surface area contributed by atoms with Crippen LogP contribution in [0.5, 0.6) is 0 Å². The Morgan fingerprint density at radius 1 is 1.04 bits per heavy atom. The zero-order chi connectivity index (χ0) is 33.0. The number of rotatable bonds is 8. The highest BCUT2D eigenvalue weighted by Gasteiger charge is 2.32. The minimum atomic E-state index is -1.05. The van der Waals surface area contributed by atoms with E-state index >= 15 is 0 Å². The van der Waals surface area contributed by atoms with Gasteiger partial charge in [-0.1, -0.05) is 67.9 Å². The van der Waals surface area contributed by atoms with E-state index in [2.05, 4.69) is 49.0 Å². The first kappa shape index (κ1) is 32.4. The molecule has 5 aromatic rings. The number of para-hydroxylation sites is 1. The number of carbonyl (C=O) groups is 2. The molecule has 0 radical (unpaired) electrons. The van der Waals surface area contributed by atoms with Gasteiger partial charge >= 0.3 is 5.97 Å². The summed E-state index contributed by atoms with van der Waals surface area (Å²) in [6.07, 6.45) is 10.9. The largest absolute Gasteiger partial charge is 0.476 e. The molecule has 10 heteroatoms. The average molecular weight is 651 g/mol. The molecule has 0 saturated heterocycles. The third-order valence-electron chi connectivity index (χ3n) is 9.89. The standard InChI is InChI=1S/C29H34N4O3.C8H8N2S/c1-3-29(13-5-4-6-14-29)19-33-20(2)24(16-30-33)23-10-11-26(31-27(23)28(35)36)32-15-12-21-8-7-9-22(18-34)25(21)17-32;1-9-8-10-6-4-2-3-5-7(6)11-8/h7-11,16,18H,3-6,12-15,17,19H2,1-2H3,(H,35,36);2-5H,1H3,(H,9,10). The van der Waals surface area contributed by atoms with Gasteiger partial charge in [0.05, 0.1) is 16.4 Å². The van der Waals surface area contributed by atoms with Gasteiger partial charge in [0, 0.05) is 49.1 Å². The maximum atomic E-state index is 12.3. The minimum absolute atomic E-state index is 0.0347. The lowest BCUT2D eigenvalue weighted by Gasteiger charge is -2.36. The molecule has 9 nitrogen and oxygen atoms in total. The Hall–Kier alpha value is -4.57. The summed E-state index contributed by atoms with van der Waals surface area (Å²) < 4.78 is 3.29. The highest BCUT2D eigenvalue weighted by Crippen LogP contribution is 2.41. The molecule has 1 saturated carbocycles. The number of anilines is 2. The average Bonchev–Trinajstić information content (AvgIpc) is 3.70. The molecule has 2 aliphatic rings. The van der Waals surface area contributed by atoms with Crippen molar-refractivity contribution >= 4 is 44.8 Å². The summed E-state index contributed by atoms with van der Waals surface area (Å²) in [6.45, 7) is 6.42. The Morgan fingerprint density at radius 2 is 1.85 bits per heavy atom. The van der Waals surface area contributed by atoms with Gasteiger partial charge in [0.25, 0.3) is 0 Å². The van der Waals surface area contributed by atoms with Crippen molar-refractivity contribution in [3.05, 3.63) is 88.9 Å². The molecule has 1 aliphatic heterocycles. The van der Waals surface area contributed by atoms with Crippen molar-refractivity contribution in [2.75, 3.05) is 23.8 Å². The quantitative estimate of drug-likeness (QED) is 0.162. The van der Waals surface area contributed by atoms with Crippen LogP contribution in [0.3, 0.4) is 0 Å². The van der Waals surface area contributed by atoms with E-state index < -0.39 is 5.97 Å². The second-order valence-electron chi connectivity index (χ2n) is 12.6. The van der Waals surface area contributed by atoms with Crippen molar-refractivity contribution in [2.45, 2.75) is 71.9 Å². The van der Waals surface area contributed by atoms with E-state index in [9.17, 15) is 14.7 Å². The maximum absolute atomic E-state index is 12.3. The number of thiazole rings is 1. The Kier molecular flexibility index (Phi) is 9.68. The molecule has 0 spiro atoms. The molecule has 244 valence electrons. The van der Waals surface area contributed by atoms with Gasteiger partial charge in [-0.15, -0.1) is 0 Å². The second kappa shape index (κ2) is 14.0. The highest BCUT2D eigenvalue weighted by atomic mass is 32.1. The van der Waals surface area contributed by atoms with Gasteiger partial charge in [0.15, 0.2) is 10.8 Å². The van der Waals surface area contributed by atoms with Crippen LogP contribution in [0.1, 0.15) is 83.1 Å². The van der Waals surface area contributed by atoms with Gasteiger partial charge in [-0.05, 0) is 73.4 Å². The van der Waals surface area contributed by atoms with Crippen LogP contribution >= 0.6 is 11.3 Å². The number of hydrogen-bond donors (Lipinski definition) is 2. The fraction of sp³-hybridized carbons (Fsp3) is 0.378. The van der Waals surface area contributed by atoms with Crippen molar-refractivity contribution in [3.8, 4) is 11.1 Å². The molecule has 7 rings (SSSR count). The third-order valence-corrected chi connectivity index (χ3v) is 10.9. The first-order valence-electron chi connectivity index (χ1n) is 16.5. The number of nitrogens with one attached hydrogen (secondary N) is 1. The van der Waals surface area contributed by atoms with E-state index in [-0.39, 0.29) is 11.1 Å². The summed E-state index contributed by atoms with van der Waals surface area (Å²) in [5.74, 6) is -0.443. The summed E-state index contributed by atoms with van der Waals surface area (Å²) >= 11 is 1.68. The Labute approximate surface area is 279 Å². The van der Waals surface area contributed by atoms with E-state index in [1.165, 1.54) is 36.8 Å². The predicted molar refractivity (Wildman–Crippen MR) is 189 cm³/mol. The molecular formula is C37H42N6O3S. The second-order valence-corrected chi connectivity index (χ2v) is 13.6. The zero-order valence-electron chi connectivity index (χ0n) is 27.3. The molecule has 1 fully saturated rings. The topological polar surface area (TPSA) is 113 Å². The molecule has 3 aromatic heterocycles. The number of nitrogens with zero attached hydrogens (tertiary/aromatic N) is 5. The first-order chi connectivity index (χ1) is 22.8. The number of carbonyl (C=O) groups excluding carboxylic acids is 1. The Morgan fingerprint density at radius 3 is 2.57 bits per heavy atom. The van der Waals surface area contributed by atoms with Crippen LogP contribution < -0.4 is 10.2 Å². The number of carboxylic acid groups (broad SMARTS) is 1. The maximum Gasteiger partial charge on any atom is 0.355 e. The molecule has 2 N–H and O–H groups in total. The van der Waals surface area contributed by atoms with Crippen molar-refractivity contribution < 1.29 is 14.7 Å². The van der Waals surface area contributed by atoms with E-state index in [1.54, 1.807) is 17.5 Å². The smallest absolute Gasteiger partial charge is 0.355 e. The Balaban J connectivity index is 0.000000295. The highest BCUT2D eigenvalue weighted by molar-refractivity contribution is 7.22.